The Bertz CT molecular complexity index is 301. The average molecular weight is 253 g/mol. The number of hydrogen-bond donors (Lipinski definition) is 2. The lowest BCUT2D eigenvalue weighted by atomic mass is 10.2. The first-order valence-corrected chi connectivity index (χ1v) is 6.80. The summed E-state index contributed by atoms with van der Waals surface area (Å²) in [6.45, 7) is 2.14. The molecule has 2 N–H and O–H groups in total. The van der Waals surface area contributed by atoms with Gasteiger partial charge in [-0.1, -0.05) is 6.92 Å². The van der Waals surface area contributed by atoms with Gasteiger partial charge in [0.2, 0.25) is 10.0 Å². The minimum Gasteiger partial charge on any atom is -0.480 e. The van der Waals surface area contributed by atoms with Gasteiger partial charge < -0.3 is 9.84 Å². The highest BCUT2D eigenvalue weighted by Crippen LogP contribution is 2.01. The van der Waals surface area contributed by atoms with Crippen LogP contribution in [0.25, 0.3) is 0 Å². The van der Waals surface area contributed by atoms with Gasteiger partial charge in [-0.3, -0.25) is 4.79 Å². The lowest BCUT2D eigenvalue weighted by molar-refractivity contribution is -0.139. The van der Waals surface area contributed by atoms with Crippen molar-refractivity contribution in [1.29, 1.82) is 0 Å². The highest BCUT2D eigenvalue weighted by molar-refractivity contribution is 7.89. The summed E-state index contributed by atoms with van der Waals surface area (Å²) in [5.74, 6) is -1.21. The zero-order valence-corrected chi connectivity index (χ0v) is 10.4. The highest BCUT2D eigenvalue weighted by atomic mass is 32.2. The molecule has 0 radical (unpaired) electrons. The molecule has 1 unspecified atom stereocenters. The third-order valence-corrected chi connectivity index (χ3v) is 3.52. The summed E-state index contributed by atoms with van der Waals surface area (Å²) in [6.07, 6.45) is 1.19. The first kappa shape index (κ1) is 15.3. The average Bonchev–Trinajstić information content (AvgIpc) is 2.16. The maximum absolute atomic E-state index is 11.4. The van der Waals surface area contributed by atoms with Gasteiger partial charge in [0.15, 0.2) is 0 Å². The molecule has 0 aliphatic rings. The predicted molar refractivity (Wildman–Crippen MR) is 59.7 cm³/mol. The maximum Gasteiger partial charge on any atom is 0.321 e. The molecule has 96 valence electrons. The Hall–Kier alpha value is -0.660. The number of rotatable bonds is 9. The van der Waals surface area contributed by atoms with Crippen LogP contribution in [0.2, 0.25) is 0 Å². The fourth-order valence-corrected chi connectivity index (χ4v) is 2.52. The smallest absolute Gasteiger partial charge is 0.321 e. The molecule has 0 heterocycles. The standard InChI is InChI=1S/C9H19NO5S/c1-3-7-16(13,14)10-8(9(11)12)5-4-6-15-2/h8,10H,3-7H2,1-2H3,(H,11,12). The van der Waals surface area contributed by atoms with E-state index in [-0.39, 0.29) is 12.2 Å². The van der Waals surface area contributed by atoms with Crippen LogP contribution in [0.1, 0.15) is 26.2 Å². The van der Waals surface area contributed by atoms with E-state index in [1.54, 1.807) is 6.92 Å². The zero-order valence-electron chi connectivity index (χ0n) is 9.60. The van der Waals surface area contributed by atoms with Crippen LogP contribution >= 0.6 is 0 Å². The number of nitrogens with one attached hydrogen (secondary N) is 1. The van der Waals surface area contributed by atoms with E-state index >= 15 is 0 Å². The zero-order chi connectivity index (χ0) is 12.6. The van der Waals surface area contributed by atoms with Crippen molar-refractivity contribution in [2.75, 3.05) is 19.5 Å². The molecule has 0 aromatic carbocycles. The molecule has 16 heavy (non-hydrogen) atoms. The van der Waals surface area contributed by atoms with Crippen LogP contribution in [0.5, 0.6) is 0 Å². The largest absolute Gasteiger partial charge is 0.480 e. The van der Waals surface area contributed by atoms with Gasteiger partial charge in [-0.2, -0.15) is 0 Å². The highest BCUT2D eigenvalue weighted by Gasteiger charge is 2.22. The van der Waals surface area contributed by atoms with Crippen molar-refractivity contribution < 1.29 is 23.1 Å². The summed E-state index contributed by atoms with van der Waals surface area (Å²) < 4.78 is 29.7. The van der Waals surface area contributed by atoms with Crippen molar-refractivity contribution in [2.45, 2.75) is 32.2 Å². The molecular weight excluding hydrogens is 234 g/mol. The summed E-state index contributed by atoms with van der Waals surface area (Å²) >= 11 is 0. The SMILES string of the molecule is CCCS(=O)(=O)NC(CCCOC)C(=O)O. The minimum absolute atomic E-state index is 0.0545. The second-order valence-corrected chi connectivity index (χ2v) is 5.34. The molecule has 0 bridgehead atoms. The number of sulfonamides is 1. The number of carbonyl (C=O) groups is 1. The molecule has 0 saturated carbocycles. The van der Waals surface area contributed by atoms with Gasteiger partial charge in [0.05, 0.1) is 5.75 Å². The van der Waals surface area contributed by atoms with Crippen LogP contribution in [0, 0.1) is 0 Å². The second-order valence-electron chi connectivity index (χ2n) is 3.46. The Morgan fingerprint density at radius 1 is 1.50 bits per heavy atom. The van der Waals surface area contributed by atoms with Crippen LogP contribution in [0.3, 0.4) is 0 Å². The Kier molecular flexibility index (Phi) is 7.27. The topological polar surface area (TPSA) is 92.7 Å². The van der Waals surface area contributed by atoms with Crippen LogP contribution in [-0.2, 0) is 19.6 Å². The third kappa shape index (κ3) is 6.76. The molecule has 6 nitrogen and oxygen atoms in total. The van der Waals surface area contributed by atoms with Gasteiger partial charge in [-0.05, 0) is 19.3 Å². The molecular formula is C9H19NO5S. The molecule has 0 aliphatic heterocycles. The first-order valence-electron chi connectivity index (χ1n) is 5.14. The first-order chi connectivity index (χ1) is 7.43. The van der Waals surface area contributed by atoms with Crippen LogP contribution in [-0.4, -0.2) is 45.0 Å². The number of ether oxygens (including phenoxy) is 1. The number of carboxylic acids is 1. The van der Waals surface area contributed by atoms with Gasteiger partial charge >= 0.3 is 5.97 Å². The summed E-state index contributed by atoms with van der Waals surface area (Å²) in [5, 5.41) is 8.84. The van der Waals surface area contributed by atoms with Crippen LogP contribution in [0.4, 0.5) is 0 Å². The predicted octanol–water partition coefficient (Wildman–Crippen LogP) is 0.196. The van der Waals surface area contributed by atoms with E-state index in [4.69, 9.17) is 9.84 Å². The fraction of sp³-hybridized carbons (Fsp3) is 0.889. The lowest BCUT2D eigenvalue weighted by Crippen LogP contribution is -2.41. The maximum atomic E-state index is 11.4. The number of aliphatic carboxylic acids is 1. The molecule has 0 spiro atoms. The van der Waals surface area contributed by atoms with Crippen molar-refractivity contribution in [1.82, 2.24) is 4.72 Å². The van der Waals surface area contributed by atoms with E-state index in [1.165, 1.54) is 7.11 Å². The van der Waals surface area contributed by atoms with Gasteiger partial charge in [-0.15, -0.1) is 0 Å². The Morgan fingerprint density at radius 3 is 2.56 bits per heavy atom. The van der Waals surface area contributed by atoms with E-state index in [2.05, 4.69) is 4.72 Å². The quantitative estimate of drug-likeness (QED) is 0.572. The fourth-order valence-electron chi connectivity index (χ4n) is 1.21. The van der Waals surface area contributed by atoms with E-state index in [9.17, 15) is 13.2 Å². The molecule has 0 fully saturated rings. The van der Waals surface area contributed by atoms with Crippen molar-refractivity contribution in [2.24, 2.45) is 0 Å². The number of carboxylic acid groups (broad SMARTS) is 1. The molecule has 0 aromatic rings. The number of methoxy groups -OCH3 is 1. The Balaban J connectivity index is 4.28. The molecule has 0 amide bonds. The Labute approximate surface area is 96.0 Å². The van der Waals surface area contributed by atoms with Crippen LogP contribution < -0.4 is 4.72 Å². The summed E-state index contributed by atoms with van der Waals surface area (Å²) in [6, 6.07) is -1.06. The minimum atomic E-state index is -3.48. The molecule has 0 saturated heterocycles. The third-order valence-electron chi connectivity index (χ3n) is 1.93. The normalized spacial score (nSPS) is 13.6. The molecule has 0 rings (SSSR count). The van der Waals surface area contributed by atoms with E-state index in [0.29, 0.717) is 19.4 Å². The summed E-state index contributed by atoms with van der Waals surface area (Å²) in [4.78, 5) is 10.8. The summed E-state index contributed by atoms with van der Waals surface area (Å²) in [7, 11) is -1.97. The molecule has 1 atom stereocenters. The monoisotopic (exact) mass is 253 g/mol. The molecule has 0 aliphatic carbocycles. The number of hydrogen-bond acceptors (Lipinski definition) is 4. The second kappa shape index (κ2) is 7.59. The summed E-state index contributed by atoms with van der Waals surface area (Å²) in [5.41, 5.74) is 0. The molecule has 0 aromatic heterocycles. The van der Waals surface area contributed by atoms with Gasteiger partial charge in [-0.25, -0.2) is 13.1 Å². The van der Waals surface area contributed by atoms with Crippen molar-refractivity contribution in [3.63, 3.8) is 0 Å². The van der Waals surface area contributed by atoms with Gasteiger partial charge in [0.1, 0.15) is 6.04 Å². The lowest BCUT2D eigenvalue weighted by Gasteiger charge is -2.13. The van der Waals surface area contributed by atoms with E-state index < -0.39 is 22.0 Å². The Morgan fingerprint density at radius 2 is 2.12 bits per heavy atom. The van der Waals surface area contributed by atoms with Crippen molar-refractivity contribution in [3.8, 4) is 0 Å². The van der Waals surface area contributed by atoms with Crippen LogP contribution in [0.15, 0.2) is 0 Å². The van der Waals surface area contributed by atoms with Crippen molar-refractivity contribution in [3.05, 3.63) is 0 Å². The van der Waals surface area contributed by atoms with E-state index in [1.807, 2.05) is 0 Å². The molecule has 7 heteroatoms. The van der Waals surface area contributed by atoms with Gasteiger partial charge in [0.25, 0.3) is 0 Å². The van der Waals surface area contributed by atoms with Crippen molar-refractivity contribution >= 4 is 16.0 Å². The van der Waals surface area contributed by atoms with E-state index in [0.717, 1.165) is 0 Å². The van der Waals surface area contributed by atoms with Gasteiger partial charge in [0, 0.05) is 13.7 Å².